The molecule has 1 aromatic carbocycles. The van der Waals surface area contributed by atoms with Gasteiger partial charge in [-0.15, -0.1) is 0 Å². The van der Waals surface area contributed by atoms with E-state index in [1.54, 1.807) is 24.3 Å². The molecule has 0 spiro atoms. The van der Waals surface area contributed by atoms with Gasteiger partial charge < -0.3 is 9.88 Å². The average Bonchev–Trinajstić information content (AvgIpc) is 3.35. The first kappa shape index (κ1) is 18.1. The Balaban J connectivity index is 1.51. The Morgan fingerprint density at radius 2 is 1.93 bits per heavy atom. The number of amides is 3. The summed E-state index contributed by atoms with van der Waals surface area (Å²) >= 11 is 12.1. The summed E-state index contributed by atoms with van der Waals surface area (Å²) in [5.74, 6) is -0.361. The standard InChI is InChI=1S/C20H19Cl2N3O2/c21-15-6-5-14(17(22)10-15)12-25-19(26)18(23-20(25)27)9-13-7-8-24(11-13)16-3-1-2-4-16/h5-11,16H,1-4,12H2,(H,23,27)/b18-9+. The molecule has 140 valence electrons. The molecule has 1 N–H and O–H groups in total. The number of aromatic nitrogens is 1. The second kappa shape index (κ2) is 7.41. The Morgan fingerprint density at radius 1 is 1.15 bits per heavy atom. The van der Waals surface area contributed by atoms with Gasteiger partial charge in [-0.3, -0.25) is 9.69 Å². The molecular weight excluding hydrogens is 385 g/mol. The summed E-state index contributed by atoms with van der Waals surface area (Å²) in [6.07, 6.45) is 10.7. The third-order valence-corrected chi connectivity index (χ3v) is 5.69. The highest BCUT2D eigenvalue weighted by Gasteiger charge is 2.34. The van der Waals surface area contributed by atoms with Gasteiger partial charge >= 0.3 is 6.03 Å². The van der Waals surface area contributed by atoms with Crippen molar-refractivity contribution in [2.24, 2.45) is 0 Å². The third kappa shape index (κ3) is 3.75. The van der Waals surface area contributed by atoms with E-state index in [-0.39, 0.29) is 18.1 Å². The van der Waals surface area contributed by atoms with Crippen molar-refractivity contribution in [1.82, 2.24) is 14.8 Å². The maximum atomic E-state index is 12.7. The summed E-state index contributed by atoms with van der Waals surface area (Å²) in [6.45, 7) is 0.0983. The molecule has 2 heterocycles. The number of halogens is 2. The number of carbonyl (C=O) groups excluding carboxylic acids is 2. The van der Waals surface area contributed by atoms with Crippen LogP contribution in [0.15, 0.2) is 42.4 Å². The molecule has 0 atom stereocenters. The minimum Gasteiger partial charge on any atom is -0.351 e. The van der Waals surface area contributed by atoms with Crippen LogP contribution in [0.3, 0.4) is 0 Å². The highest BCUT2D eigenvalue weighted by Crippen LogP contribution is 2.30. The maximum Gasteiger partial charge on any atom is 0.329 e. The predicted octanol–water partition coefficient (Wildman–Crippen LogP) is 5.00. The van der Waals surface area contributed by atoms with E-state index in [0.29, 0.717) is 21.7 Å². The molecule has 2 aromatic rings. The van der Waals surface area contributed by atoms with Crippen LogP contribution in [0, 0.1) is 0 Å². The van der Waals surface area contributed by atoms with Crippen molar-refractivity contribution >= 4 is 41.2 Å². The van der Waals surface area contributed by atoms with Crippen molar-refractivity contribution in [2.45, 2.75) is 38.3 Å². The Labute approximate surface area is 167 Å². The maximum absolute atomic E-state index is 12.7. The van der Waals surface area contributed by atoms with Crippen molar-refractivity contribution < 1.29 is 9.59 Å². The molecule has 0 bridgehead atoms. The fourth-order valence-corrected chi connectivity index (χ4v) is 4.12. The minimum atomic E-state index is -0.451. The van der Waals surface area contributed by atoms with Gasteiger partial charge in [0.2, 0.25) is 0 Å². The molecule has 0 radical (unpaired) electrons. The molecule has 7 heteroatoms. The predicted molar refractivity (Wildman–Crippen MR) is 105 cm³/mol. The average molecular weight is 404 g/mol. The van der Waals surface area contributed by atoms with Crippen LogP contribution in [0.4, 0.5) is 4.79 Å². The lowest BCUT2D eigenvalue weighted by atomic mass is 10.2. The van der Waals surface area contributed by atoms with Crippen LogP contribution in [0.2, 0.25) is 10.0 Å². The van der Waals surface area contributed by atoms with E-state index in [0.717, 1.165) is 10.5 Å². The smallest absolute Gasteiger partial charge is 0.329 e. The van der Waals surface area contributed by atoms with Gasteiger partial charge in [0, 0.05) is 28.5 Å². The number of hydrogen-bond acceptors (Lipinski definition) is 2. The number of nitrogens with one attached hydrogen (secondary N) is 1. The topological polar surface area (TPSA) is 54.3 Å². The van der Waals surface area contributed by atoms with E-state index in [9.17, 15) is 9.59 Å². The number of urea groups is 1. The summed E-state index contributed by atoms with van der Waals surface area (Å²) in [4.78, 5) is 26.1. The second-order valence-electron chi connectivity index (χ2n) is 6.95. The van der Waals surface area contributed by atoms with Crippen molar-refractivity contribution in [1.29, 1.82) is 0 Å². The molecule has 3 amide bonds. The number of rotatable bonds is 4. The van der Waals surface area contributed by atoms with Gasteiger partial charge in [0.15, 0.2) is 0 Å². The molecule has 5 nitrogen and oxygen atoms in total. The van der Waals surface area contributed by atoms with Crippen LogP contribution in [0.1, 0.15) is 42.9 Å². The number of benzene rings is 1. The van der Waals surface area contributed by atoms with E-state index in [4.69, 9.17) is 23.2 Å². The summed E-state index contributed by atoms with van der Waals surface area (Å²) in [5, 5.41) is 3.59. The van der Waals surface area contributed by atoms with Gasteiger partial charge in [-0.05, 0) is 48.2 Å². The summed E-state index contributed by atoms with van der Waals surface area (Å²) < 4.78 is 2.20. The number of carbonyl (C=O) groups is 2. The first-order chi connectivity index (χ1) is 13.0. The number of hydrogen-bond donors (Lipinski definition) is 1. The van der Waals surface area contributed by atoms with E-state index in [2.05, 4.69) is 9.88 Å². The fourth-order valence-electron chi connectivity index (χ4n) is 3.65. The van der Waals surface area contributed by atoms with Crippen molar-refractivity contribution in [3.05, 3.63) is 63.5 Å². The first-order valence-corrected chi connectivity index (χ1v) is 9.73. The summed E-state index contributed by atoms with van der Waals surface area (Å²) in [6, 6.07) is 7.04. The van der Waals surface area contributed by atoms with Gasteiger partial charge in [-0.2, -0.15) is 0 Å². The second-order valence-corrected chi connectivity index (χ2v) is 7.79. The minimum absolute atomic E-state index is 0.0983. The fraction of sp³-hybridized carbons (Fsp3) is 0.300. The van der Waals surface area contributed by atoms with Gasteiger partial charge in [0.25, 0.3) is 5.91 Å². The van der Waals surface area contributed by atoms with Gasteiger partial charge in [-0.1, -0.05) is 42.1 Å². The molecule has 2 fully saturated rings. The van der Waals surface area contributed by atoms with E-state index < -0.39 is 6.03 Å². The summed E-state index contributed by atoms with van der Waals surface area (Å²) in [5.41, 5.74) is 1.84. The normalized spacial score (nSPS) is 19.3. The van der Waals surface area contributed by atoms with Crippen LogP contribution < -0.4 is 5.32 Å². The van der Waals surface area contributed by atoms with E-state index in [1.807, 2.05) is 18.5 Å². The van der Waals surface area contributed by atoms with Gasteiger partial charge in [0.1, 0.15) is 5.70 Å². The first-order valence-electron chi connectivity index (χ1n) is 8.97. The SMILES string of the molecule is O=C1N/C(=C/c2ccn(C3CCCC3)c2)C(=O)N1Cc1ccc(Cl)cc1Cl. The monoisotopic (exact) mass is 403 g/mol. The molecule has 1 saturated carbocycles. The number of nitrogens with zero attached hydrogens (tertiary/aromatic N) is 2. The van der Waals surface area contributed by atoms with Crippen molar-refractivity contribution in [3.63, 3.8) is 0 Å². The lowest BCUT2D eigenvalue weighted by Gasteiger charge is -2.13. The molecule has 0 unspecified atom stereocenters. The molecular formula is C20H19Cl2N3O2. The molecule has 1 saturated heterocycles. The Hall–Kier alpha value is -2.24. The molecule has 27 heavy (non-hydrogen) atoms. The number of imide groups is 1. The highest BCUT2D eigenvalue weighted by molar-refractivity contribution is 6.35. The van der Waals surface area contributed by atoms with Crippen LogP contribution in [0.25, 0.3) is 6.08 Å². The Bertz CT molecular complexity index is 929. The Morgan fingerprint density at radius 3 is 2.67 bits per heavy atom. The van der Waals surface area contributed by atoms with Crippen molar-refractivity contribution in [3.8, 4) is 0 Å². The molecule has 2 aliphatic rings. The largest absolute Gasteiger partial charge is 0.351 e. The summed E-state index contributed by atoms with van der Waals surface area (Å²) in [7, 11) is 0. The lowest BCUT2D eigenvalue weighted by molar-refractivity contribution is -0.123. The van der Waals surface area contributed by atoms with Gasteiger partial charge in [0.05, 0.1) is 6.54 Å². The van der Waals surface area contributed by atoms with Crippen LogP contribution in [0.5, 0.6) is 0 Å². The molecule has 1 aromatic heterocycles. The third-order valence-electron chi connectivity index (χ3n) is 5.10. The quantitative estimate of drug-likeness (QED) is 0.576. The molecule has 4 rings (SSSR count). The van der Waals surface area contributed by atoms with E-state index in [1.165, 1.54) is 25.7 Å². The molecule has 1 aliphatic carbocycles. The highest BCUT2D eigenvalue weighted by atomic mass is 35.5. The molecule has 1 aliphatic heterocycles. The zero-order valence-electron chi connectivity index (χ0n) is 14.6. The van der Waals surface area contributed by atoms with Crippen molar-refractivity contribution in [2.75, 3.05) is 0 Å². The lowest BCUT2D eigenvalue weighted by Crippen LogP contribution is -2.30. The van der Waals surface area contributed by atoms with E-state index >= 15 is 0 Å². The zero-order chi connectivity index (χ0) is 19.0. The van der Waals surface area contributed by atoms with Gasteiger partial charge in [-0.25, -0.2) is 4.79 Å². The zero-order valence-corrected chi connectivity index (χ0v) is 16.1. The van der Waals surface area contributed by atoms with Crippen LogP contribution >= 0.6 is 23.2 Å². The Kier molecular flexibility index (Phi) is 4.98. The van der Waals surface area contributed by atoms with Crippen LogP contribution in [-0.4, -0.2) is 21.4 Å². The van der Waals surface area contributed by atoms with Crippen LogP contribution in [-0.2, 0) is 11.3 Å².